The van der Waals surface area contributed by atoms with E-state index in [2.05, 4.69) is 23.7 Å². The average Bonchev–Trinajstić information content (AvgIpc) is 2.63. The maximum Gasteiger partial charge on any atom is 0.00512 e. The van der Waals surface area contributed by atoms with Gasteiger partial charge in [-0.2, -0.15) is 0 Å². The van der Waals surface area contributed by atoms with Crippen molar-refractivity contribution in [1.82, 2.24) is 5.32 Å². The Balaban J connectivity index is 1.94. The van der Waals surface area contributed by atoms with Crippen molar-refractivity contribution in [3.63, 3.8) is 0 Å². The van der Waals surface area contributed by atoms with Crippen LogP contribution in [-0.4, -0.2) is 13.1 Å². The van der Waals surface area contributed by atoms with Gasteiger partial charge in [-0.1, -0.05) is 0 Å². The maximum atomic E-state index is 3.40. The second-order valence-electron chi connectivity index (χ2n) is 3.65. The first-order valence-electron chi connectivity index (χ1n) is 4.59. The summed E-state index contributed by atoms with van der Waals surface area (Å²) in [6.07, 6.45) is 2.64. The van der Waals surface area contributed by atoms with Crippen molar-refractivity contribution in [2.75, 3.05) is 13.1 Å². The molecule has 1 saturated heterocycles. The lowest BCUT2D eigenvalue weighted by Crippen LogP contribution is -2.10. The molecule has 0 aliphatic carbocycles. The first kappa shape index (κ1) is 8.27. The van der Waals surface area contributed by atoms with E-state index in [-0.39, 0.29) is 0 Å². The number of rotatable bonds is 2. The molecule has 0 spiro atoms. The molecule has 0 amide bonds. The lowest BCUT2D eigenvalue weighted by molar-refractivity contribution is 0.585. The Hall–Kier alpha value is -0.340. The summed E-state index contributed by atoms with van der Waals surface area (Å²) in [5.74, 6) is 0.892. The molecule has 1 unspecified atom stereocenters. The van der Waals surface area contributed by atoms with Crippen LogP contribution in [0.2, 0.25) is 0 Å². The molecule has 1 aliphatic heterocycles. The molecule has 0 bridgehead atoms. The fourth-order valence-electron chi connectivity index (χ4n) is 1.77. The highest BCUT2D eigenvalue weighted by Gasteiger charge is 2.15. The summed E-state index contributed by atoms with van der Waals surface area (Å²) < 4.78 is 0. The van der Waals surface area contributed by atoms with Crippen LogP contribution in [0.1, 0.15) is 16.9 Å². The Bertz CT molecular complexity index is 248. The number of nitrogens with one attached hydrogen (secondary N) is 1. The highest BCUT2D eigenvalue weighted by Crippen LogP contribution is 2.20. The Kier molecular flexibility index (Phi) is 2.47. The number of hydrogen-bond donors (Lipinski definition) is 1. The quantitative estimate of drug-likeness (QED) is 0.737. The number of aryl methyl sites for hydroxylation is 1. The van der Waals surface area contributed by atoms with Crippen LogP contribution < -0.4 is 5.32 Å². The first-order chi connectivity index (χ1) is 5.84. The third-order valence-electron chi connectivity index (χ3n) is 2.44. The molecule has 1 aromatic rings. The van der Waals surface area contributed by atoms with Crippen molar-refractivity contribution < 1.29 is 0 Å². The van der Waals surface area contributed by atoms with Crippen molar-refractivity contribution in [3.8, 4) is 0 Å². The Morgan fingerprint density at radius 3 is 3.17 bits per heavy atom. The van der Waals surface area contributed by atoms with Crippen molar-refractivity contribution in [1.29, 1.82) is 0 Å². The van der Waals surface area contributed by atoms with Crippen LogP contribution in [0.3, 0.4) is 0 Å². The number of hydrogen-bond acceptors (Lipinski definition) is 2. The molecule has 1 N–H and O–H groups in total. The van der Waals surface area contributed by atoms with E-state index in [9.17, 15) is 0 Å². The summed E-state index contributed by atoms with van der Waals surface area (Å²) in [5.41, 5.74) is 1.42. The summed E-state index contributed by atoms with van der Waals surface area (Å²) >= 11 is 1.91. The molecule has 0 aromatic carbocycles. The topological polar surface area (TPSA) is 12.0 Å². The van der Waals surface area contributed by atoms with E-state index in [1.165, 1.54) is 31.5 Å². The Morgan fingerprint density at radius 2 is 2.58 bits per heavy atom. The molecule has 1 fully saturated rings. The van der Waals surface area contributed by atoms with Crippen LogP contribution in [0.4, 0.5) is 0 Å². The lowest BCUT2D eigenvalue weighted by Gasteiger charge is -2.04. The second-order valence-corrected chi connectivity index (χ2v) is 4.65. The third kappa shape index (κ3) is 1.87. The summed E-state index contributed by atoms with van der Waals surface area (Å²) in [5, 5.41) is 5.65. The van der Waals surface area contributed by atoms with E-state index in [1.807, 2.05) is 11.3 Å². The molecule has 12 heavy (non-hydrogen) atoms. The molecule has 2 rings (SSSR count). The van der Waals surface area contributed by atoms with E-state index in [0.29, 0.717) is 0 Å². The van der Waals surface area contributed by atoms with E-state index in [4.69, 9.17) is 0 Å². The molecule has 2 heteroatoms. The van der Waals surface area contributed by atoms with Crippen molar-refractivity contribution >= 4 is 11.3 Å². The number of thiophene rings is 1. The van der Waals surface area contributed by atoms with E-state index >= 15 is 0 Å². The average molecular weight is 181 g/mol. The minimum Gasteiger partial charge on any atom is -0.316 e. The van der Waals surface area contributed by atoms with Gasteiger partial charge in [0.2, 0.25) is 0 Å². The largest absolute Gasteiger partial charge is 0.316 e. The van der Waals surface area contributed by atoms with Gasteiger partial charge in [0.25, 0.3) is 0 Å². The first-order valence-corrected chi connectivity index (χ1v) is 5.47. The SMILES string of the molecule is Cc1csc(CC2CCNC2)c1. The summed E-state index contributed by atoms with van der Waals surface area (Å²) in [6, 6.07) is 2.32. The Labute approximate surface area is 77.8 Å². The second kappa shape index (κ2) is 3.58. The molecule has 1 nitrogen and oxygen atoms in total. The van der Waals surface area contributed by atoms with E-state index in [0.717, 1.165) is 5.92 Å². The minimum atomic E-state index is 0.892. The molecule has 1 aromatic heterocycles. The molecule has 0 saturated carbocycles. The zero-order chi connectivity index (χ0) is 8.39. The zero-order valence-corrected chi connectivity index (χ0v) is 8.29. The van der Waals surface area contributed by atoms with Gasteiger partial charge in [-0.25, -0.2) is 0 Å². The van der Waals surface area contributed by atoms with Gasteiger partial charge in [-0.05, 0) is 55.8 Å². The molecule has 2 heterocycles. The van der Waals surface area contributed by atoms with E-state index < -0.39 is 0 Å². The normalized spacial score (nSPS) is 23.2. The summed E-state index contributed by atoms with van der Waals surface area (Å²) in [7, 11) is 0. The fraction of sp³-hybridized carbons (Fsp3) is 0.600. The fourth-order valence-corrected chi connectivity index (χ4v) is 2.76. The lowest BCUT2D eigenvalue weighted by atomic mass is 10.0. The monoisotopic (exact) mass is 181 g/mol. The maximum absolute atomic E-state index is 3.40. The highest BCUT2D eigenvalue weighted by molar-refractivity contribution is 7.10. The third-order valence-corrected chi connectivity index (χ3v) is 3.51. The molecule has 1 aliphatic rings. The van der Waals surface area contributed by atoms with Crippen LogP contribution >= 0.6 is 11.3 Å². The van der Waals surface area contributed by atoms with Crippen LogP contribution in [0.5, 0.6) is 0 Å². The molecular formula is C10H15NS. The smallest absolute Gasteiger partial charge is 0.00512 e. The van der Waals surface area contributed by atoms with Crippen molar-refractivity contribution in [3.05, 3.63) is 21.9 Å². The standard InChI is InChI=1S/C10H15NS/c1-8-4-10(12-7-8)5-9-2-3-11-6-9/h4,7,9,11H,2-3,5-6H2,1H3. The van der Waals surface area contributed by atoms with E-state index in [1.54, 1.807) is 4.88 Å². The summed E-state index contributed by atoms with van der Waals surface area (Å²) in [4.78, 5) is 1.56. The zero-order valence-electron chi connectivity index (χ0n) is 7.47. The van der Waals surface area contributed by atoms with Crippen LogP contribution in [0.25, 0.3) is 0 Å². The molecule has 0 radical (unpaired) electrons. The van der Waals surface area contributed by atoms with Gasteiger partial charge in [0.1, 0.15) is 0 Å². The molecule has 1 atom stereocenters. The molecule has 66 valence electrons. The highest BCUT2D eigenvalue weighted by atomic mass is 32.1. The van der Waals surface area contributed by atoms with Gasteiger partial charge in [-0.15, -0.1) is 11.3 Å². The van der Waals surface area contributed by atoms with Gasteiger partial charge in [-0.3, -0.25) is 0 Å². The minimum absolute atomic E-state index is 0.892. The van der Waals surface area contributed by atoms with Crippen LogP contribution in [0.15, 0.2) is 11.4 Å². The van der Waals surface area contributed by atoms with Gasteiger partial charge in [0.15, 0.2) is 0 Å². The van der Waals surface area contributed by atoms with Gasteiger partial charge < -0.3 is 5.32 Å². The van der Waals surface area contributed by atoms with Gasteiger partial charge >= 0.3 is 0 Å². The predicted molar refractivity (Wildman–Crippen MR) is 53.7 cm³/mol. The van der Waals surface area contributed by atoms with Gasteiger partial charge in [0, 0.05) is 4.88 Å². The van der Waals surface area contributed by atoms with Crippen molar-refractivity contribution in [2.24, 2.45) is 5.92 Å². The predicted octanol–water partition coefficient (Wildman–Crippen LogP) is 2.21. The summed E-state index contributed by atoms with van der Waals surface area (Å²) in [6.45, 7) is 4.61. The van der Waals surface area contributed by atoms with Crippen LogP contribution in [0, 0.1) is 12.8 Å². The van der Waals surface area contributed by atoms with Crippen LogP contribution in [-0.2, 0) is 6.42 Å². The van der Waals surface area contributed by atoms with Gasteiger partial charge in [0.05, 0.1) is 0 Å². The Morgan fingerprint density at radius 1 is 1.67 bits per heavy atom. The van der Waals surface area contributed by atoms with Crippen molar-refractivity contribution in [2.45, 2.75) is 19.8 Å². The molecular weight excluding hydrogens is 166 g/mol.